The maximum atomic E-state index is 11.8. The largest absolute Gasteiger partial charge is 0.314 e. The number of fused-ring (bicyclic) bond motifs is 1. The Balaban J connectivity index is 1.89. The zero-order chi connectivity index (χ0) is 19.4. The molecular formula is C18H13Cl3N2O2S2. The Kier molecular flexibility index (Phi) is 4.76. The van der Waals surface area contributed by atoms with Crippen molar-refractivity contribution in [3.05, 3.63) is 53.6 Å². The minimum absolute atomic E-state index is 0.263. The molecule has 0 aliphatic carbocycles. The minimum atomic E-state index is -3.27. The lowest BCUT2D eigenvalue weighted by atomic mass is 10.0. The van der Waals surface area contributed by atoms with Crippen LogP contribution in [-0.2, 0) is 16.4 Å². The Hall–Kier alpha value is -1.18. The SMILES string of the molecule is CS(=O)(=O)c1ccc(-c2c(-c3ccc(Cl)cc3)nc3n2CC(Cl)(Cl)S3)cc1. The summed E-state index contributed by atoms with van der Waals surface area (Å²) in [6.07, 6.45) is 1.18. The maximum absolute atomic E-state index is 11.8. The Bertz CT molecular complexity index is 1120. The predicted octanol–water partition coefficient (Wildman–Crippen LogP) is 5.51. The van der Waals surface area contributed by atoms with Crippen LogP contribution < -0.4 is 0 Å². The zero-order valence-electron chi connectivity index (χ0n) is 14.0. The number of rotatable bonds is 3. The normalized spacial score (nSPS) is 15.7. The van der Waals surface area contributed by atoms with Gasteiger partial charge in [-0.1, -0.05) is 59.1 Å². The molecule has 1 aliphatic heterocycles. The molecule has 0 atom stereocenters. The molecule has 1 aliphatic rings. The molecule has 1 aromatic heterocycles. The standard InChI is InChI=1S/C18H13Cl3N2O2S2/c1-27(24,25)14-8-4-12(5-9-14)16-15(11-2-6-13(19)7-3-11)22-17-23(16)10-18(20,21)26-17/h2-9H,10H2,1H3. The van der Waals surface area contributed by atoms with Crippen molar-refractivity contribution in [2.45, 2.75) is 20.3 Å². The van der Waals surface area contributed by atoms with Crippen LogP contribution in [0, 0.1) is 0 Å². The van der Waals surface area contributed by atoms with E-state index in [0.717, 1.165) is 22.5 Å². The molecular weight excluding hydrogens is 447 g/mol. The molecule has 0 fully saturated rings. The highest BCUT2D eigenvalue weighted by molar-refractivity contribution is 8.03. The Morgan fingerprint density at radius 1 is 1.04 bits per heavy atom. The fourth-order valence-corrected chi connectivity index (χ4v) is 5.24. The lowest BCUT2D eigenvalue weighted by Gasteiger charge is -2.13. The van der Waals surface area contributed by atoms with Crippen LogP contribution in [0.15, 0.2) is 58.6 Å². The topological polar surface area (TPSA) is 52.0 Å². The van der Waals surface area contributed by atoms with Gasteiger partial charge in [-0.05, 0) is 36.0 Å². The van der Waals surface area contributed by atoms with Crippen molar-refractivity contribution in [2.75, 3.05) is 6.26 Å². The van der Waals surface area contributed by atoms with Gasteiger partial charge in [-0.2, -0.15) is 0 Å². The molecule has 4 nitrogen and oxygen atoms in total. The first-order chi connectivity index (χ1) is 12.6. The lowest BCUT2D eigenvalue weighted by Crippen LogP contribution is -2.10. The number of hydrogen-bond acceptors (Lipinski definition) is 4. The molecule has 2 heterocycles. The minimum Gasteiger partial charge on any atom is -0.314 e. The summed E-state index contributed by atoms with van der Waals surface area (Å²) in [6.45, 7) is 0.375. The molecule has 3 aromatic rings. The van der Waals surface area contributed by atoms with Gasteiger partial charge in [0, 0.05) is 22.4 Å². The van der Waals surface area contributed by atoms with Gasteiger partial charge >= 0.3 is 0 Å². The summed E-state index contributed by atoms with van der Waals surface area (Å²) < 4.78 is 24.5. The van der Waals surface area contributed by atoms with Crippen LogP contribution in [0.25, 0.3) is 22.5 Å². The molecule has 27 heavy (non-hydrogen) atoms. The number of aromatic nitrogens is 2. The molecule has 0 spiro atoms. The summed E-state index contributed by atoms with van der Waals surface area (Å²) in [5, 5.41) is 1.35. The van der Waals surface area contributed by atoms with E-state index >= 15 is 0 Å². The third kappa shape index (κ3) is 3.74. The second kappa shape index (κ2) is 6.71. The monoisotopic (exact) mass is 458 g/mol. The van der Waals surface area contributed by atoms with Crippen LogP contribution in [0.3, 0.4) is 0 Å². The van der Waals surface area contributed by atoms with Crippen LogP contribution in [0.4, 0.5) is 0 Å². The van der Waals surface area contributed by atoms with E-state index < -0.39 is 13.5 Å². The molecule has 0 unspecified atom stereocenters. The number of hydrogen-bond donors (Lipinski definition) is 0. The van der Waals surface area contributed by atoms with Gasteiger partial charge in [0.1, 0.15) is 0 Å². The Morgan fingerprint density at radius 3 is 2.22 bits per heavy atom. The number of thioether (sulfide) groups is 1. The number of sulfone groups is 1. The van der Waals surface area contributed by atoms with Crippen LogP contribution in [-0.4, -0.2) is 27.9 Å². The van der Waals surface area contributed by atoms with Crippen LogP contribution in [0.5, 0.6) is 0 Å². The van der Waals surface area contributed by atoms with Gasteiger partial charge in [0.05, 0.1) is 22.8 Å². The van der Waals surface area contributed by atoms with Crippen LogP contribution in [0.2, 0.25) is 5.02 Å². The Morgan fingerprint density at radius 2 is 1.63 bits per heavy atom. The van der Waals surface area contributed by atoms with Gasteiger partial charge in [0.15, 0.2) is 18.7 Å². The smallest absolute Gasteiger partial charge is 0.188 e. The highest BCUT2D eigenvalue weighted by atomic mass is 35.5. The summed E-state index contributed by atoms with van der Waals surface area (Å²) in [7, 11) is -3.27. The van der Waals surface area contributed by atoms with Gasteiger partial charge in [0.25, 0.3) is 0 Å². The third-order valence-electron chi connectivity index (χ3n) is 4.19. The molecule has 0 N–H and O–H groups in total. The Labute approximate surface area is 176 Å². The average Bonchev–Trinajstić information content (AvgIpc) is 3.06. The predicted molar refractivity (Wildman–Crippen MR) is 112 cm³/mol. The molecule has 0 saturated carbocycles. The molecule has 0 bridgehead atoms. The van der Waals surface area contributed by atoms with Crippen molar-refractivity contribution in [3.63, 3.8) is 0 Å². The number of halogens is 3. The molecule has 2 aromatic carbocycles. The maximum Gasteiger partial charge on any atom is 0.188 e. The van der Waals surface area contributed by atoms with Crippen molar-refractivity contribution in [3.8, 4) is 22.5 Å². The summed E-state index contributed by atoms with van der Waals surface area (Å²) in [5.74, 6) is 0. The fourth-order valence-electron chi connectivity index (χ4n) is 2.97. The van der Waals surface area contributed by atoms with Crippen molar-refractivity contribution >= 4 is 56.4 Å². The molecule has 4 rings (SSSR count). The summed E-state index contributed by atoms with van der Waals surface area (Å²) >= 11 is 19.9. The molecule has 0 saturated heterocycles. The first-order valence-electron chi connectivity index (χ1n) is 7.88. The van der Waals surface area contributed by atoms with Crippen molar-refractivity contribution in [2.24, 2.45) is 0 Å². The summed E-state index contributed by atoms with van der Waals surface area (Å²) in [5.41, 5.74) is 3.34. The van der Waals surface area contributed by atoms with E-state index in [1.807, 2.05) is 16.7 Å². The number of nitrogens with zero attached hydrogens (tertiary/aromatic N) is 2. The van der Waals surface area contributed by atoms with Crippen molar-refractivity contribution in [1.29, 1.82) is 0 Å². The molecule has 0 radical (unpaired) electrons. The first kappa shape index (κ1) is 19.2. The van der Waals surface area contributed by atoms with Gasteiger partial charge in [-0.15, -0.1) is 0 Å². The van der Waals surface area contributed by atoms with E-state index in [-0.39, 0.29) is 4.90 Å². The van der Waals surface area contributed by atoms with E-state index in [1.165, 1.54) is 18.0 Å². The highest BCUT2D eigenvalue weighted by Gasteiger charge is 2.38. The quantitative estimate of drug-likeness (QED) is 0.485. The second-order valence-electron chi connectivity index (χ2n) is 6.22. The van der Waals surface area contributed by atoms with Crippen molar-refractivity contribution < 1.29 is 8.42 Å². The fraction of sp³-hybridized carbons (Fsp3) is 0.167. The third-order valence-corrected chi connectivity index (χ3v) is 7.19. The summed E-state index contributed by atoms with van der Waals surface area (Å²) in [6, 6.07) is 14.1. The zero-order valence-corrected chi connectivity index (χ0v) is 17.9. The van der Waals surface area contributed by atoms with Gasteiger partial charge in [0.2, 0.25) is 0 Å². The number of benzene rings is 2. The molecule has 140 valence electrons. The highest BCUT2D eigenvalue weighted by Crippen LogP contribution is 2.50. The second-order valence-corrected chi connectivity index (χ2v) is 11.9. The summed E-state index contributed by atoms with van der Waals surface area (Å²) in [4.78, 5) is 4.99. The average molecular weight is 460 g/mol. The number of alkyl halides is 2. The van der Waals surface area contributed by atoms with Gasteiger partial charge < -0.3 is 4.57 Å². The first-order valence-corrected chi connectivity index (χ1v) is 11.7. The van der Waals surface area contributed by atoms with Crippen LogP contribution in [0.1, 0.15) is 0 Å². The van der Waals surface area contributed by atoms with E-state index in [4.69, 9.17) is 39.8 Å². The van der Waals surface area contributed by atoms with Gasteiger partial charge in [-0.25, -0.2) is 13.4 Å². The number of imidazole rings is 1. The van der Waals surface area contributed by atoms with E-state index in [2.05, 4.69) is 0 Å². The van der Waals surface area contributed by atoms with E-state index in [0.29, 0.717) is 16.7 Å². The lowest BCUT2D eigenvalue weighted by molar-refractivity contribution is 0.602. The van der Waals surface area contributed by atoms with Crippen LogP contribution >= 0.6 is 46.6 Å². The van der Waals surface area contributed by atoms with Crippen molar-refractivity contribution in [1.82, 2.24) is 9.55 Å². The van der Waals surface area contributed by atoms with E-state index in [9.17, 15) is 8.42 Å². The van der Waals surface area contributed by atoms with Gasteiger partial charge in [-0.3, -0.25) is 0 Å². The molecule has 9 heteroatoms. The molecule has 0 amide bonds. The van der Waals surface area contributed by atoms with E-state index in [1.54, 1.807) is 36.4 Å².